The zero-order chi connectivity index (χ0) is 21.8. The molecule has 2 aromatic carbocycles. The summed E-state index contributed by atoms with van der Waals surface area (Å²) in [5.74, 6) is 0.768. The molecule has 1 fully saturated rings. The zero-order valence-corrected chi connectivity index (χ0v) is 18.4. The summed E-state index contributed by atoms with van der Waals surface area (Å²) in [5, 5.41) is 2.20. The third-order valence-corrected chi connectivity index (χ3v) is 6.96. The third-order valence-electron chi connectivity index (χ3n) is 6.96. The number of nitrogen functional groups attached to an aromatic ring is 1. The fourth-order valence-electron chi connectivity index (χ4n) is 5.16. The SMILES string of the molecule is Cc1c(-c2cn(C3CC(C)C3)c3nccc(N)c23)ccc2ccc(-c3ccccc3)nc12. The Balaban J connectivity index is 1.56. The van der Waals surface area contributed by atoms with Crippen LogP contribution in [0.4, 0.5) is 5.69 Å². The molecule has 6 rings (SSSR count). The van der Waals surface area contributed by atoms with Crippen LogP contribution in [0.5, 0.6) is 0 Å². The summed E-state index contributed by atoms with van der Waals surface area (Å²) >= 11 is 0. The number of pyridine rings is 2. The van der Waals surface area contributed by atoms with Crippen LogP contribution in [0, 0.1) is 12.8 Å². The summed E-state index contributed by atoms with van der Waals surface area (Å²) in [6.45, 7) is 4.48. The van der Waals surface area contributed by atoms with E-state index < -0.39 is 0 Å². The zero-order valence-electron chi connectivity index (χ0n) is 18.4. The maximum Gasteiger partial charge on any atom is 0.142 e. The Morgan fingerprint density at radius 3 is 2.50 bits per heavy atom. The van der Waals surface area contributed by atoms with Crippen molar-refractivity contribution in [3.05, 3.63) is 78.6 Å². The third kappa shape index (κ3) is 2.90. The number of rotatable bonds is 3. The number of hydrogen-bond donors (Lipinski definition) is 1. The smallest absolute Gasteiger partial charge is 0.142 e. The molecule has 158 valence electrons. The molecule has 32 heavy (non-hydrogen) atoms. The lowest BCUT2D eigenvalue weighted by atomic mass is 9.82. The maximum atomic E-state index is 6.49. The molecule has 0 amide bonds. The van der Waals surface area contributed by atoms with Crippen LogP contribution in [0.3, 0.4) is 0 Å². The molecule has 3 aromatic heterocycles. The van der Waals surface area contributed by atoms with E-state index in [-0.39, 0.29) is 0 Å². The Labute approximate surface area is 187 Å². The molecule has 1 saturated carbocycles. The first-order valence-corrected chi connectivity index (χ1v) is 11.3. The lowest BCUT2D eigenvalue weighted by Crippen LogP contribution is -2.24. The molecule has 4 heteroatoms. The van der Waals surface area contributed by atoms with Crippen LogP contribution in [0.2, 0.25) is 0 Å². The normalized spacial score (nSPS) is 18.2. The maximum absolute atomic E-state index is 6.49. The van der Waals surface area contributed by atoms with Gasteiger partial charge in [0.25, 0.3) is 0 Å². The molecular weight excluding hydrogens is 392 g/mol. The van der Waals surface area contributed by atoms with E-state index in [9.17, 15) is 0 Å². The van der Waals surface area contributed by atoms with Crippen LogP contribution in [-0.2, 0) is 0 Å². The topological polar surface area (TPSA) is 56.7 Å². The molecule has 0 atom stereocenters. The molecular formula is C28H26N4. The largest absolute Gasteiger partial charge is 0.398 e. The molecule has 0 unspecified atom stereocenters. The van der Waals surface area contributed by atoms with Crippen molar-refractivity contribution in [3.63, 3.8) is 0 Å². The van der Waals surface area contributed by atoms with Gasteiger partial charge in [0, 0.05) is 46.0 Å². The van der Waals surface area contributed by atoms with Gasteiger partial charge in [0.05, 0.1) is 11.2 Å². The molecule has 0 bridgehead atoms. The summed E-state index contributed by atoms with van der Waals surface area (Å²) in [6, 6.07) is 21.4. The molecule has 0 aliphatic heterocycles. The second-order valence-corrected chi connectivity index (χ2v) is 9.15. The summed E-state index contributed by atoms with van der Waals surface area (Å²) in [7, 11) is 0. The van der Waals surface area contributed by atoms with Gasteiger partial charge in [-0.1, -0.05) is 55.5 Å². The number of fused-ring (bicyclic) bond motifs is 2. The Morgan fingerprint density at radius 2 is 1.72 bits per heavy atom. The summed E-state index contributed by atoms with van der Waals surface area (Å²) in [6.07, 6.45) is 6.47. The fourth-order valence-corrected chi connectivity index (χ4v) is 5.16. The minimum Gasteiger partial charge on any atom is -0.398 e. The molecule has 0 saturated heterocycles. The molecule has 0 radical (unpaired) electrons. The Morgan fingerprint density at radius 1 is 0.938 bits per heavy atom. The van der Waals surface area contributed by atoms with Crippen molar-refractivity contribution in [2.45, 2.75) is 32.7 Å². The molecule has 1 aliphatic rings. The first-order valence-electron chi connectivity index (χ1n) is 11.3. The van der Waals surface area contributed by atoms with E-state index in [0.29, 0.717) is 6.04 Å². The minimum atomic E-state index is 0.499. The Bertz CT molecular complexity index is 1460. The van der Waals surface area contributed by atoms with E-state index >= 15 is 0 Å². The summed E-state index contributed by atoms with van der Waals surface area (Å²) in [4.78, 5) is 9.79. The number of hydrogen-bond acceptors (Lipinski definition) is 3. The van der Waals surface area contributed by atoms with E-state index in [2.05, 4.69) is 73.1 Å². The fraction of sp³-hybridized carbons (Fsp3) is 0.214. The van der Waals surface area contributed by atoms with Gasteiger partial charge in [-0.15, -0.1) is 0 Å². The van der Waals surface area contributed by atoms with Gasteiger partial charge in [-0.2, -0.15) is 0 Å². The van der Waals surface area contributed by atoms with Crippen LogP contribution >= 0.6 is 0 Å². The van der Waals surface area contributed by atoms with Crippen LogP contribution in [0.1, 0.15) is 31.4 Å². The second-order valence-electron chi connectivity index (χ2n) is 9.15. The van der Waals surface area contributed by atoms with Gasteiger partial charge in [0.2, 0.25) is 0 Å². The lowest BCUT2D eigenvalue weighted by Gasteiger charge is -2.34. The quantitative estimate of drug-likeness (QED) is 0.351. The molecule has 5 aromatic rings. The number of aromatic nitrogens is 3. The van der Waals surface area contributed by atoms with Gasteiger partial charge in [-0.05, 0) is 48.9 Å². The number of aryl methyl sites for hydroxylation is 1. The van der Waals surface area contributed by atoms with Crippen LogP contribution in [0.25, 0.3) is 44.3 Å². The van der Waals surface area contributed by atoms with Crippen molar-refractivity contribution in [1.82, 2.24) is 14.5 Å². The Hall–Kier alpha value is -3.66. The molecule has 2 N–H and O–H groups in total. The van der Waals surface area contributed by atoms with Crippen LogP contribution < -0.4 is 5.73 Å². The molecule has 4 nitrogen and oxygen atoms in total. The van der Waals surface area contributed by atoms with Crippen molar-refractivity contribution in [2.75, 3.05) is 5.73 Å². The van der Waals surface area contributed by atoms with Gasteiger partial charge in [-0.25, -0.2) is 9.97 Å². The highest BCUT2D eigenvalue weighted by molar-refractivity contribution is 6.04. The van der Waals surface area contributed by atoms with Gasteiger partial charge in [-0.3, -0.25) is 0 Å². The predicted octanol–water partition coefficient (Wildman–Crippen LogP) is 6.78. The van der Waals surface area contributed by atoms with E-state index in [1.807, 2.05) is 18.3 Å². The number of anilines is 1. The number of nitrogens with zero attached hydrogens (tertiary/aromatic N) is 3. The monoisotopic (exact) mass is 418 g/mol. The lowest BCUT2D eigenvalue weighted by molar-refractivity contribution is 0.220. The van der Waals surface area contributed by atoms with Gasteiger partial charge < -0.3 is 10.3 Å². The van der Waals surface area contributed by atoms with Crippen molar-refractivity contribution in [2.24, 2.45) is 5.92 Å². The first kappa shape index (κ1) is 19.1. The molecule has 3 heterocycles. The second kappa shape index (κ2) is 7.20. The van der Waals surface area contributed by atoms with Crippen molar-refractivity contribution < 1.29 is 0 Å². The summed E-state index contributed by atoms with van der Waals surface area (Å²) < 4.78 is 2.35. The van der Waals surface area contributed by atoms with Crippen LogP contribution in [0.15, 0.2) is 73.1 Å². The Kier molecular flexibility index (Phi) is 4.29. The van der Waals surface area contributed by atoms with Crippen LogP contribution in [-0.4, -0.2) is 14.5 Å². The molecule has 1 aliphatic carbocycles. The highest BCUT2D eigenvalue weighted by Crippen LogP contribution is 2.43. The molecule has 0 spiro atoms. The summed E-state index contributed by atoms with van der Waals surface area (Å²) in [5.41, 5.74) is 14.9. The first-order chi connectivity index (χ1) is 15.6. The average molecular weight is 419 g/mol. The van der Waals surface area contributed by atoms with E-state index in [1.165, 1.54) is 24.0 Å². The highest BCUT2D eigenvalue weighted by Gasteiger charge is 2.29. The standard InChI is InChI=1S/C28H26N4/c1-17-14-21(15-17)32-16-23(26-24(29)12-13-30-28(26)32)22-10-8-20-9-11-25(31-27(20)18(22)2)19-6-4-3-5-7-19/h3-13,16-17,21H,14-15H2,1-2H3,(H2,29,30). The average Bonchev–Trinajstić information content (AvgIpc) is 3.18. The van der Waals surface area contributed by atoms with Gasteiger partial charge in [0.15, 0.2) is 0 Å². The van der Waals surface area contributed by atoms with Crippen molar-refractivity contribution in [1.29, 1.82) is 0 Å². The predicted molar refractivity (Wildman–Crippen MR) is 132 cm³/mol. The van der Waals surface area contributed by atoms with Gasteiger partial charge in [0.1, 0.15) is 5.65 Å². The van der Waals surface area contributed by atoms with E-state index in [1.54, 1.807) is 0 Å². The van der Waals surface area contributed by atoms with Gasteiger partial charge >= 0.3 is 0 Å². The number of benzene rings is 2. The van der Waals surface area contributed by atoms with E-state index in [0.717, 1.165) is 50.4 Å². The van der Waals surface area contributed by atoms with Crippen molar-refractivity contribution >= 4 is 27.6 Å². The van der Waals surface area contributed by atoms with Crippen molar-refractivity contribution in [3.8, 4) is 22.4 Å². The van der Waals surface area contributed by atoms with E-state index in [4.69, 9.17) is 15.7 Å². The number of nitrogens with two attached hydrogens (primary N) is 1. The highest BCUT2D eigenvalue weighted by atomic mass is 15.1. The minimum absolute atomic E-state index is 0.499.